The highest BCUT2D eigenvalue weighted by Gasteiger charge is 2.30. The van der Waals surface area contributed by atoms with E-state index in [1.54, 1.807) is 18.2 Å². The van der Waals surface area contributed by atoms with Gasteiger partial charge in [0, 0.05) is 50.8 Å². The van der Waals surface area contributed by atoms with E-state index in [0.29, 0.717) is 52.9 Å². The van der Waals surface area contributed by atoms with E-state index < -0.39 is 11.6 Å². The molecule has 1 atom stereocenters. The lowest BCUT2D eigenvalue weighted by Gasteiger charge is -2.35. The van der Waals surface area contributed by atoms with E-state index in [9.17, 15) is 13.6 Å². The third kappa shape index (κ3) is 6.77. The zero-order valence-electron chi connectivity index (χ0n) is 25.7. The zero-order chi connectivity index (χ0) is 32.2. The van der Waals surface area contributed by atoms with Crippen LogP contribution in [0.5, 0.6) is 5.75 Å². The fraction of sp³-hybridized carbons (Fsp3) is 0.265. The monoisotopic (exact) mass is 627 g/mol. The van der Waals surface area contributed by atoms with E-state index in [-0.39, 0.29) is 11.9 Å². The molecule has 3 aromatic carbocycles. The first-order valence-electron chi connectivity index (χ1n) is 15.0. The number of ether oxygens (including phenoxy) is 1. The van der Waals surface area contributed by atoms with Crippen LogP contribution in [0.1, 0.15) is 18.0 Å². The minimum absolute atomic E-state index is 0.195. The molecule has 2 aliphatic rings. The fourth-order valence-electron chi connectivity index (χ4n) is 5.75. The van der Waals surface area contributed by atoms with E-state index in [2.05, 4.69) is 44.0 Å². The van der Waals surface area contributed by atoms with Gasteiger partial charge in [-0.2, -0.15) is 0 Å². The van der Waals surface area contributed by atoms with Crippen molar-refractivity contribution >= 4 is 34.6 Å². The molecule has 2 N–H and O–H groups in total. The number of anilines is 5. The van der Waals surface area contributed by atoms with Crippen molar-refractivity contribution in [3.8, 4) is 16.9 Å². The summed E-state index contributed by atoms with van der Waals surface area (Å²) in [6, 6.07) is 16.3. The Kier molecular flexibility index (Phi) is 9.08. The van der Waals surface area contributed by atoms with Gasteiger partial charge in [-0.1, -0.05) is 24.8 Å². The average molecular weight is 628 g/mol. The van der Waals surface area contributed by atoms with Crippen molar-refractivity contribution in [1.82, 2.24) is 14.9 Å². The van der Waals surface area contributed by atoms with Crippen molar-refractivity contribution in [2.45, 2.75) is 12.5 Å². The van der Waals surface area contributed by atoms with Gasteiger partial charge >= 0.3 is 0 Å². The molecule has 238 valence electrons. The number of rotatable bonds is 9. The summed E-state index contributed by atoms with van der Waals surface area (Å²) >= 11 is 0. The number of likely N-dealkylation sites (N-methyl/N-ethyl adjacent to an activating group) is 1. The molecule has 46 heavy (non-hydrogen) atoms. The van der Waals surface area contributed by atoms with Crippen LogP contribution in [0.15, 0.2) is 79.6 Å². The lowest BCUT2D eigenvalue weighted by atomic mass is 9.98. The number of piperazine rings is 1. The van der Waals surface area contributed by atoms with Gasteiger partial charge in [-0.05, 0) is 54.1 Å². The first kappa shape index (κ1) is 30.9. The normalized spacial score (nSPS) is 16.7. The Morgan fingerprint density at radius 2 is 1.78 bits per heavy atom. The molecule has 2 saturated heterocycles. The Hall–Kier alpha value is -5.07. The van der Waals surface area contributed by atoms with Gasteiger partial charge in [0.15, 0.2) is 5.82 Å². The van der Waals surface area contributed by atoms with Crippen LogP contribution in [0.3, 0.4) is 0 Å². The summed E-state index contributed by atoms with van der Waals surface area (Å²) in [6.07, 6.45) is 3.36. The largest absolute Gasteiger partial charge is 0.494 e. The molecule has 0 radical (unpaired) electrons. The standard InChI is InChI=1S/C34H35F2N7O3/c1-4-34(44)40-27-18-28(31(45-3)19-30(27)42-11-9-41(2)10-12-42)39-32-20-33(38-21-37-32)43-29(8-13-46-43)23-7-5-6-22(14-23)24-15-25(35)17-26(36)16-24/h4-7,14-21,29H,1,8-13H2,2-3H3,(H,40,44)(H,37,38,39)/t29-/m1/s1. The number of hydroxylamine groups is 1. The van der Waals surface area contributed by atoms with Gasteiger partial charge in [0.2, 0.25) is 5.91 Å². The summed E-state index contributed by atoms with van der Waals surface area (Å²) in [5, 5.41) is 7.98. The molecule has 0 spiro atoms. The van der Waals surface area contributed by atoms with Crippen molar-refractivity contribution in [3.05, 3.63) is 96.8 Å². The summed E-state index contributed by atoms with van der Waals surface area (Å²) in [7, 11) is 3.68. The highest BCUT2D eigenvalue weighted by atomic mass is 19.1. The highest BCUT2D eigenvalue weighted by molar-refractivity contribution is 6.02. The van der Waals surface area contributed by atoms with E-state index in [0.717, 1.165) is 43.5 Å². The Bertz CT molecular complexity index is 1730. The van der Waals surface area contributed by atoms with E-state index in [1.807, 2.05) is 36.4 Å². The maximum atomic E-state index is 13.9. The van der Waals surface area contributed by atoms with Gasteiger partial charge in [0.1, 0.15) is 29.5 Å². The number of hydrogen-bond donors (Lipinski definition) is 2. The molecular weight excluding hydrogens is 592 g/mol. The summed E-state index contributed by atoms with van der Waals surface area (Å²) in [6.45, 7) is 7.46. The number of benzene rings is 3. The van der Waals surface area contributed by atoms with Crippen LogP contribution >= 0.6 is 0 Å². The molecule has 4 aromatic rings. The van der Waals surface area contributed by atoms with Crippen LogP contribution in [-0.2, 0) is 9.63 Å². The van der Waals surface area contributed by atoms with Crippen LogP contribution in [0.2, 0.25) is 0 Å². The summed E-state index contributed by atoms with van der Waals surface area (Å²) < 4.78 is 33.6. The predicted octanol–water partition coefficient (Wildman–Crippen LogP) is 5.93. The topological polar surface area (TPSA) is 95.1 Å². The minimum Gasteiger partial charge on any atom is -0.494 e. The summed E-state index contributed by atoms with van der Waals surface area (Å²) in [4.78, 5) is 31.8. The summed E-state index contributed by atoms with van der Waals surface area (Å²) in [5.74, 6) is -0.00220. The van der Waals surface area contributed by atoms with Gasteiger partial charge in [0.25, 0.3) is 0 Å². The van der Waals surface area contributed by atoms with Crippen LogP contribution in [-0.4, -0.2) is 67.7 Å². The number of aromatic nitrogens is 2. The smallest absolute Gasteiger partial charge is 0.247 e. The van der Waals surface area contributed by atoms with Crippen LogP contribution in [0.4, 0.5) is 37.5 Å². The van der Waals surface area contributed by atoms with E-state index in [1.165, 1.54) is 24.5 Å². The van der Waals surface area contributed by atoms with E-state index >= 15 is 0 Å². The van der Waals surface area contributed by atoms with Gasteiger partial charge < -0.3 is 25.2 Å². The third-order valence-electron chi connectivity index (χ3n) is 8.12. The van der Waals surface area contributed by atoms with Gasteiger partial charge in [-0.15, -0.1) is 0 Å². The van der Waals surface area contributed by atoms with Crippen LogP contribution < -0.4 is 25.3 Å². The number of carbonyl (C=O) groups is 1. The number of carbonyl (C=O) groups excluding carboxylic acids is 1. The molecule has 2 fully saturated rings. The SMILES string of the molecule is C=CC(=O)Nc1cc(Nc2cc(N3OCC[C@@H]3c3cccc(-c4cc(F)cc(F)c4)c3)ncn2)c(OC)cc1N1CCN(C)CC1. The number of halogens is 2. The first-order valence-corrected chi connectivity index (χ1v) is 15.0. The first-order chi connectivity index (χ1) is 22.3. The van der Waals surface area contributed by atoms with Crippen molar-refractivity contribution in [2.75, 3.05) is 67.5 Å². The quantitative estimate of drug-likeness (QED) is 0.219. The molecule has 2 aliphatic heterocycles. The molecule has 1 amide bonds. The molecule has 3 heterocycles. The molecule has 0 saturated carbocycles. The molecular formula is C34H35F2N7O3. The van der Waals surface area contributed by atoms with Crippen molar-refractivity contribution in [1.29, 1.82) is 0 Å². The lowest BCUT2D eigenvalue weighted by Crippen LogP contribution is -2.44. The number of nitrogens with one attached hydrogen (secondary N) is 2. The van der Waals surface area contributed by atoms with Crippen LogP contribution in [0.25, 0.3) is 11.1 Å². The Balaban J connectivity index is 1.27. The Labute approximate surface area is 266 Å². The second-order valence-electron chi connectivity index (χ2n) is 11.2. The highest BCUT2D eigenvalue weighted by Crippen LogP contribution is 2.40. The van der Waals surface area contributed by atoms with Crippen LogP contribution in [0, 0.1) is 11.6 Å². The Morgan fingerprint density at radius 3 is 2.52 bits per heavy atom. The van der Waals surface area contributed by atoms with Gasteiger partial charge in [-0.25, -0.2) is 23.8 Å². The molecule has 10 nitrogen and oxygen atoms in total. The number of nitrogens with zero attached hydrogens (tertiary/aromatic N) is 5. The number of hydrogen-bond acceptors (Lipinski definition) is 9. The molecule has 0 bridgehead atoms. The minimum atomic E-state index is -0.631. The average Bonchev–Trinajstić information content (AvgIpc) is 3.55. The van der Waals surface area contributed by atoms with E-state index in [4.69, 9.17) is 9.57 Å². The maximum Gasteiger partial charge on any atom is 0.247 e. The molecule has 0 unspecified atom stereocenters. The third-order valence-corrected chi connectivity index (χ3v) is 8.12. The maximum absolute atomic E-state index is 13.9. The number of amides is 1. The summed E-state index contributed by atoms with van der Waals surface area (Å²) in [5.41, 5.74) is 4.13. The molecule has 12 heteroatoms. The molecule has 6 rings (SSSR count). The van der Waals surface area contributed by atoms with Crippen molar-refractivity contribution in [3.63, 3.8) is 0 Å². The zero-order valence-corrected chi connectivity index (χ0v) is 25.7. The second-order valence-corrected chi connectivity index (χ2v) is 11.2. The Morgan fingerprint density at radius 1 is 1.00 bits per heavy atom. The molecule has 0 aliphatic carbocycles. The second kappa shape index (κ2) is 13.5. The van der Waals surface area contributed by atoms with Gasteiger partial charge in [0.05, 0.1) is 36.8 Å². The lowest BCUT2D eigenvalue weighted by molar-refractivity contribution is -0.111. The molecule has 1 aromatic heterocycles. The number of methoxy groups -OCH3 is 1. The fourth-order valence-corrected chi connectivity index (χ4v) is 5.75. The van der Waals surface area contributed by atoms with Gasteiger partial charge in [-0.3, -0.25) is 9.63 Å². The van der Waals surface area contributed by atoms with Crippen molar-refractivity contribution in [2.24, 2.45) is 0 Å². The van der Waals surface area contributed by atoms with Crippen molar-refractivity contribution < 1.29 is 23.1 Å². The predicted molar refractivity (Wildman–Crippen MR) is 174 cm³/mol.